The number of aliphatic hydroxyl groups excluding tert-OH is 4. The smallest absolute Gasteiger partial charge is 0.239 e. The average molecular weight is 448 g/mol. The summed E-state index contributed by atoms with van der Waals surface area (Å²) in [5, 5.41) is 44.2. The Kier molecular flexibility index (Phi) is 7.54. The number of hydrogen-bond acceptors (Lipinski definition) is 7. The van der Waals surface area contributed by atoms with Gasteiger partial charge in [0.05, 0.1) is 6.61 Å². The normalized spacial score (nSPS) is 25.5. The van der Waals surface area contributed by atoms with E-state index in [4.69, 9.17) is 9.47 Å². The molecule has 1 aromatic heterocycles. The number of nitrogens with zero attached hydrogens (tertiary/aromatic N) is 2. The molecule has 1 aliphatic rings. The summed E-state index contributed by atoms with van der Waals surface area (Å²) in [5.74, 6) is 5.25. The molecule has 4 N–H and O–H groups in total. The SMILES string of the molecule is CC#Cc1ccc(Cc2c(O[C@H]3O[C@H](CO)[C@@H](O)[C@H](O)[C@H]3O)nn(C(C)C)c2C)c(F)c1. The summed E-state index contributed by atoms with van der Waals surface area (Å²) in [6.45, 7) is 6.80. The third-order valence-corrected chi connectivity index (χ3v) is 5.49. The predicted octanol–water partition coefficient (Wildman–Crippen LogP) is 1.05. The lowest BCUT2D eigenvalue weighted by atomic mass is 9.99. The van der Waals surface area contributed by atoms with Crippen LogP contribution in [0.25, 0.3) is 0 Å². The fraction of sp³-hybridized carbons (Fsp3) is 0.522. The minimum absolute atomic E-state index is 0.0204. The molecule has 0 aliphatic carbocycles. The fourth-order valence-corrected chi connectivity index (χ4v) is 3.71. The number of ether oxygens (including phenoxy) is 2. The number of aromatic nitrogens is 2. The highest BCUT2D eigenvalue weighted by Crippen LogP contribution is 2.31. The first-order valence-corrected chi connectivity index (χ1v) is 10.4. The Morgan fingerprint density at radius 3 is 2.53 bits per heavy atom. The van der Waals surface area contributed by atoms with Crippen LogP contribution in [0.5, 0.6) is 5.88 Å². The van der Waals surface area contributed by atoms with E-state index in [1.807, 2.05) is 20.8 Å². The monoisotopic (exact) mass is 448 g/mol. The van der Waals surface area contributed by atoms with Crippen molar-refractivity contribution in [2.45, 2.75) is 70.9 Å². The van der Waals surface area contributed by atoms with Crippen LogP contribution in [-0.4, -0.2) is 67.5 Å². The van der Waals surface area contributed by atoms with Crippen molar-refractivity contribution >= 4 is 0 Å². The van der Waals surface area contributed by atoms with E-state index in [0.717, 1.165) is 5.69 Å². The predicted molar refractivity (Wildman–Crippen MR) is 114 cm³/mol. The second-order valence-corrected chi connectivity index (χ2v) is 8.08. The van der Waals surface area contributed by atoms with Crippen molar-refractivity contribution in [3.05, 3.63) is 46.4 Å². The maximum Gasteiger partial charge on any atom is 0.239 e. The molecule has 1 aliphatic heterocycles. The Balaban J connectivity index is 1.95. The number of halogens is 1. The van der Waals surface area contributed by atoms with E-state index in [2.05, 4.69) is 16.9 Å². The van der Waals surface area contributed by atoms with Gasteiger partial charge in [0.2, 0.25) is 12.2 Å². The van der Waals surface area contributed by atoms with Gasteiger partial charge < -0.3 is 29.9 Å². The Morgan fingerprint density at radius 2 is 1.94 bits per heavy atom. The zero-order chi connectivity index (χ0) is 23.6. The van der Waals surface area contributed by atoms with Crippen molar-refractivity contribution < 1.29 is 34.3 Å². The number of hydrogen-bond donors (Lipinski definition) is 4. The number of rotatable bonds is 6. The van der Waals surface area contributed by atoms with Gasteiger partial charge in [0.25, 0.3) is 0 Å². The molecule has 0 unspecified atom stereocenters. The molecule has 9 heteroatoms. The molecule has 8 nitrogen and oxygen atoms in total. The van der Waals surface area contributed by atoms with Crippen LogP contribution in [0.1, 0.15) is 49.2 Å². The van der Waals surface area contributed by atoms with Crippen molar-refractivity contribution in [3.8, 4) is 17.7 Å². The third kappa shape index (κ3) is 4.80. The second-order valence-electron chi connectivity index (χ2n) is 8.08. The first-order valence-electron chi connectivity index (χ1n) is 10.4. The molecule has 5 atom stereocenters. The van der Waals surface area contributed by atoms with Crippen LogP contribution in [0.2, 0.25) is 0 Å². The van der Waals surface area contributed by atoms with Gasteiger partial charge >= 0.3 is 0 Å². The highest BCUT2D eigenvalue weighted by atomic mass is 19.1. The van der Waals surface area contributed by atoms with Crippen LogP contribution in [0.3, 0.4) is 0 Å². The number of aliphatic hydroxyl groups is 4. The molecule has 32 heavy (non-hydrogen) atoms. The minimum Gasteiger partial charge on any atom is -0.443 e. The Hall–Kier alpha value is -2.48. The molecule has 0 radical (unpaired) electrons. The van der Waals surface area contributed by atoms with E-state index in [9.17, 15) is 24.8 Å². The van der Waals surface area contributed by atoms with Crippen LogP contribution >= 0.6 is 0 Å². The lowest BCUT2D eigenvalue weighted by Crippen LogP contribution is -2.60. The molecule has 0 spiro atoms. The van der Waals surface area contributed by atoms with Gasteiger partial charge in [-0.1, -0.05) is 12.0 Å². The maximum absolute atomic E-state index is 14.7. The highest BCUT2D eigenvalue weighted by molar-refractivity contribution is 5.41. The molecular weight excluding hydrogens is 419 g/mol. The van der Waals surface area contributed by atoms with Crippen molar-refractivity contribution in [1.29, 1.82) is 0 Å². The lowest BCUT2D eigenvalue weighted by molar-refractivity contribution is -0.278. The molecule has 0 saturated carbocycles. The Labute approximate surface area is 186 Å². The maximum atomic E-state index is 14.7. The standard InChI is InChI=1S/C23H29FN2O6/c1-5-6-14-7-8-15(17(24)9-14)10-16-13(4)26(12(2)3)25-22(16)32-23-21(30)20(29)19(28)18(11-27)31-23/h7-9,12,18-21,23,27-30H,10-11H2,1-4H3/t18-,19-,20+,21-,23-/m1/s1. The van der Waals surface area contributed by atoms with E-state index in [1.165, 1.54) is 6.07 Å². The molecular formula is C23H29FN2O6. The van der Waals surface area contributed by atoms with Crippen LogP contribution in [0.15, 0.2) is 18.2 Å². The molecule has 2 aromatic rings. The average Bonchev–Trinajstić information content (AvgIpc) is 3.06. The molecule has 1 aromatic carbocycles. The quantitative estimate of drug-likeness (QED) is 0.488. The zero-order valence-electron chi connectivity index (χ0n) is 18.5. The lowest BCUT2D eigenvalue weighted by Gasteiger charge is -2.39. The van der Waals surface area contributed by atoms with Crippen molar-refractivity contribution in [2.75, 3.05) is 6.61 Å². The summed E-state index contributed by atoms with van der Waals surface area (Å²) in [6, 6.07) is 4.73. The highest BCUT2D eigenvalue weighted by Gasteiger charge is 2.45. The largest absolute Gasteiger partial charge is 0.443 e. The van der Waals surface area contributed by atoms with E-state index in [-0.39, 0.29) is 18.3 Å². The first-order chi connectivity index (χ1) is 15.2. The molecule has 1 saturated heterocycles. The summed E-state index contributed by atoms with van der Waals surface area (Å²) in [6.07, 6.45) is -6.98. The van der Waals surface area contributed by atoms with E-state index < -0.39 is 43.1 Å². The van der Waals surface area contributed by atoms with Gasteiger partial charge in [0.15, 0.2) is 0 Å². The Bertz CT molecular complexity index is 1010. The van der Waals surface area contributed by atoms with Gasteiger partial charge in [-0.3, -0.25) is 4.68 Å². The Morgan fingerprint density at radius 1 is 1.22 bits per heavy atom. The van der Waals surface area contributed by atoms with Crippen molar-refractivity contribution in [1.82, 2.24) is 9.78 Å². The third-order valence-electron chi connectivity index (χ3n) is 5.49. The van der Waals surface area contributed by atoms with Crippen molar-refractivity contribution in [2.24, 2.45) is 0 Å². The molecule has 3 rings (SSSR count). The van der Waals surface area contributed by atoms with Gasteiger partial charge in [0.1, 0.15) is 30.2 Å². The van der Waals surface area contributed by atoms with Crippen LogP contribution < -0.4 is 4.74 Å². The van der Waals surface area contributed by atoms with Crippen LogP contribution in [0, 0.1) is 24.6 Å². The molecule has 0 amide bonds. The number of benzene rings is 1. The zero-order valence-corrected chi connectivity index (χ0v) is 18.5. The molecule has 174 valence electrons. The van der Waals surface area contributed by atoms with Gasteiger partial charge in [-0.05, 0) is 45.4 Å². The van der Waals surface area contributed by atoms with E-state index in [0.29, 0.717) is 16.7 Å². The first kappa shape index (κ1) is 24.2. The summed E-state index contributed by atoms with van der Waals surface area (Å²) < 4.78 is 27.7. The fourth-order valence-electron chi connectivity index (χ4n) is 3.71. The molecule has 0 bridgehead atoms. The van der Waals surface area contributed by atoms with Crippen molar-refractivity contribution in [3.63, 3.8) is 0 Å². The summed E-state index contributed by atoms with van der Waals surface area (Å²) in [7, 11) is 0. The summed E-state index contributed by atoms with van der Waals surface area (Å²) >= 11 is 0. The minimum atomic E-state index is -1.58. The van der Waals surface area contributed by atoms with Crippen LogP contribution in [0.4, 0.5) is 4.39 Å². The van der Waals surface area contributed by atoms with Gasteiger partial charge in [0, 0.05) is 29.3 Å². The molecule has 2 heterocycles. The van der Waals surface area contributed by atoms with Crippen LogP contribution in [-0.2, 0) is 11.2 Å². The summed E-state index contributed by atoms with van der Waals surface area (Å²) in [5.41, 5.74) is 2.32. The van der Waals surface area contributed by atoms with Gasteiger partial charge in [-0.25, -0.2) is 4.39 Å². The van der Waals surface area contributed by atoms with E-state index >= 15 is 0 Å². The van der Waals surface area contributed by atoms with E-state index in [1.54, 1.807) is 23.7 Å². The topological polar surface area (TPSA) is 117 Å². The second kappa shape index (κ2) is 9.98. The molecule has 1 fully saturated rings. The van der Waals surface area contributed by atoms with Gasteiger partial charge in [-0.2, -0.15) is 0 Å². The summed E-state index contributed by atoms with van der Waals surface area (Å²) in [4.78, 5) is 0. The van der Waals surface area contributed by atoms with Gasteiger partial charge in [-0.15, -0.1) is 11.0 Å².